The smallest absolute Gasteiger partial charge is 0.223 e. The standard InChI is InChI=1S/C19H26N4O/c1-4-17-14-21(2)18-8-6-5-7-16(18)13-23(17)19(24)10-9-15-11-20-22(3)12-15/h5-8,11-12,17H,4,9-10,13-14H2,1-3H3/t17-/m0/s1. The summed E-state index contributed by atoms with van der Waals surface area (Å²) in [7, 11) is 4.02. The predicted octanol–water partition coefficient (Wildman–Crippen LogP) is 2.61. The van der Waals surface area contributed by atoms with Gasteiger partial charge in [-0.3, -0.25) is 9.48 Å². The second-order valence-electron chi connectivity index (χ2n) is 6.62. The molecule has 2 heterocycles. The number of nitrogens with zero attached hydrogens (tertiary/aromatic N) is 4. The molecule has 1 aliphatic rings. The first-order chi connectivity index (χ1) is 11.6. The van der Waals surface area contributed by atoms with Gasteiger partial charge in [0.05, 0.1) is 6.20 Å². The highest BCUT2D eigenvalue weighted by atomic mass is 16.2. The summed E-state index contributed by atoms with van der Waals surface area (Å²) < 4.78 is 1.78. The second-order valence-corrected chi connectivity index (χ2v) is 6.62. The molecule has 0 aliphatic carbocycles. The number of carbonyl (C=O) groups is 1. The first-order valence-corrected chi connectivity index (χ1v) is 8.64. The second kappa shape index (κ2) is 7.07. The average Bonchev–Trinajstić information content (AvgIpc) is 2.94. The van der Waals surface area contributed by atoms with Gasteiger partial charge in [-0.15, -0.1) is 0 Å². The van der Waals surface area contributed by atoms with E-state index in [2.05, 4.69) is 53.1 Å². The van der Waals surface area contributed by atoms with Gasteiger partial charge >= 0.3 is 0 Å². The number of carbonyl (C=O) groups excluding carboxylic acids is 1. The third-order valence-corrected chi connectivity index (χ3v) is 4.85. The van der Waals surface area contributed by atoms with E-state index in [1.165, 1.54) is 11.3 Å². The Balaban J connectivity index is 1.75. The van der Waals surface area contributed by atoms with Crippen LogP contribution in [0.3, 0.4) is 0 Å². The number of rotatable bonds is 4. The van der Waals surface area contributed by atoms with Gasteiger partial charge in [-0.05, 0) is 30.0 Å². The maximum absolute atomic E-state index is 12.9. The minimum Gasteiger partial charge on any atom is -0.372 e. The van der Waals surface area contributed by atoms with Crippen LogP contribution in [0.4, 0.5) is 5.69 Å². The Morgan fingerprint density at radius 1 is 1.29 bits per heavy atom. The summed E-state index contributed by atoms with van der Waals surface area (Å²) in [5.74, 6) is 0.232. The van der Waals surface area contributed by atoms with Gasteiger partial charge in [0.2, 0.25) is 5.91 Å². The first kappa shape index (κ1) is 16.6. The summed E-state index contributed by atoms with van der Waals surface area (Å²) in [4.78, 5) is 17.2. The summed E-state index contributed by atoms with van der Waals surface area (Å²) in [5.41, 5.74) is 3.58. The van der Waals surface area contributed by atoms with Gasteiger partial charge in [0.15, 0.2) is 0 Å². The van der Waals surface area contributed by atoms with Gasteiger partial charge in [-0.25, -0.2) is 0 Å². The van der Waals surface area contributed by atoms with Crippen molar-refractivity contribution in [1.29, 1.82) is 0 Å². The van der Waals surface area contributed by atoms with E-state index < -0.39 is 0 Å². The van der Waals surface area contributed by atoms with E-state index in [0.717, 1.165) is 24.9 Å². The molecule has 24 heavy (non-hydrogen) atoms. The molecule has 1 aromatic heterocycles. The molecule has 1 amide bonds. The minimum absolute atomic E-state index is 0.232. The van der Waals surface area contributed by atoms with Crippen LogP contribution >= 0.6 is 0 Å². The van der Waals surface area contributed by atoms with Crippen molar-refractivity contribution in [3.63, 3.8) is 0 Å². The van der Waals surface area contributed by atoms with Crippen molar-refractivity contribution in [2.45, 2.75) is 38.8 Å². The van der Waals surface area contributed by atoms with Crippen LogP contribution in [0.1, 0.15) is 30.9 Å². The van der Waals surface area contributed by atoms with E-state index in [1.54, 1.807) is 4.68 Å². The van der Waals surface area contributed by atoms with Crippen LogP contribution in [0.5, 0.6) is 0 Å². The molecule has 0 saturated carbocycles. The fourth-order valence-corrected chi connectivity index (χ4v) is 3.48. The Hall–Kier alpha value is -2.30. The third-order valence-electron chi connectivity index (χ3n) is 4.85. The van der Waals surface area contributed by atoms with Crippen LogP contribution in [-0.2, 0) is 24.8 Å². The van der Waals surface area contributed by atoms with Crippen LogP contribution in [0.15, 0.2) is 36.7 Å². The molecule has 0 radical (unpaired) electrons. The molecular weight excluding hydrogens is 300 g/mol. The van der Waals surface area contributed by atoms with E-state index in [0.29, 0.717) is 13.0 Å². The fourth-order valence-electron chi connectivity index (χ4n) is 3.48. The molecule has 5 nitrogen and oxygen atoms in total. The summed E-state index contributed by atoms with van der Waals surface area (Å²) in [6.07, 6.45) is 6.08. The van der Waals surface area contributed by atoms with Crippen LogP contribution in [0.25, 0.3) is 0 Å². The normalized spacial score (nSPS) is 17.5. The lowest BCUT2D eigenvalue weighted by Crippen LogP contribution is -2.43. The number of aryl methyl sites for hydroxylation is 2. The molecule has 2 aromatic rings. The van der Waals surface area contributed by atoms with E-state index >= 15 is 0 Å². The SMILES string of the molecule is CC[C@H]1CN(C)c2ccccc2CN1C(=O)CCc1cnn(C)c1. The van der Waals surface area contributed by atoms with Gasteiger partial charge in [-0.1, -0.05) is 25.1 Å². The van der Waals surface area contributed by atoms with Crippen molar-refractivity contribution in [3.8, 4) is 0 Å². The number of likely N-dealkylation sites (N-methyl/N-ethyl adjacent to an activating group) is 1. The van der Waals surface area contributed by atoms with Crippen molar-refractivity contribution in [3.05, 3.63) is 47.8 Å². The summed E-state index contributed by atoms with van der Waals surface area (Å²) in [6.45, 7) is 3.74. The Morgan fingerprint density at radius 2 is 2.08 bits per heavy atom. The van der Waals surface area contributed by atoms with Crippen LogP contribution in [0, 0.1) is 0 Å². The third kappa shape index (κ3) is 3.45. The Kier molecular flexibility index (Phi) is 4.88. The molecule has 0 saturated heterocycles. The van der Waals surface area contributed by atoms with Crippen LogP contribution in [-0.4, -0.2) is 40.2 Å². The highest BCUT2D eigenvalue weighted by Gasteiger charge is 2.28. The first-order valence-electron chi connectivity index (χ1n) is 8.64. The lowest BCUT2D eigenvalue weighted by atomic mass is 10.1. The van der Waals surface area contributed by atoms with Gasteiger partial charge in [0, 0.05) is 51.5 Å². The van der Waals surface area contributed by atoms with Crippen LogP contribution in [0.2, 0.25) is 0 Å². The quantitative estimate of drug-likeness (QED) is 0.867. The number of hydrogen-bond acceptors (Lipinski definition) is 3. The van der Waals surface area contributed by atoms with Gasteiger partial charge in [0.25, 0.3) is 0 Å². The number of benzene rings is 1. The Morgan fingerprint density at radius 3 is 2.79 bits per heavy atom. The summed E-state index contributed by atoms with van der Waals surface area (Å²) >= 11 is 0. The summed E-state index contributed by atoms with van der Waals surface area (Å²) in [6, 6.07) is 8.65. The highest BCUT2D eigenvalue weighted by Crippen LogP contribution is 2.27. The van der Waals surface area contributed by atoms with Crippen molar-refractivity contribution >= 4 is 11.6 Å². The van der Waals surface area contributed by atoms with Crippen molar-refractivity contribution in [2.75, 3.05) is 18.5 Å². The van der Waals surface area contributed by atoms with Crippen molar-refractivity contribution in [1.82, 2.24) is 14.7 Å². The topological polar surface area (TPSA) is 41.4 Å². The number of anilines is 1. The number of hydrogen-bond donors (Lipinski definition) is 0. The molecule has 1 aromatic carbocycles. The molecule has 128 valence electrons. The number of para-hydroxylation sites is 1. The highest BCUT2D eigenvalue weighted by molar-refractivity contribution is 5.77. The predicted molar refractivity (Wildman–Crippen MR) is 95.9 cm³/mol. The molecular formula is C19H26N4O. The minimum atomic E-state index is 0.232. The Labute approximate surface area is 143 Å². The number of amides is 1. The molecule has 3 rings (SSSR count). The largest absolute Gasteiger partial charge is 0.372 e. The zero-order valence-corrected chi connectivity index (χ0v) is 14.8. The van der Waals surface area contributed by atoms with Gasteiger partial charge in [0.1, 0.15) is 0 Å². The van der Waals surface area contributed by atoms with E-state index in [9.17, 15) is 4.79 Å². The van der Waals surface area contributed by atoms with Crippen molar-refractivity contribution in [2.24, 2.45) is 7.05 Å². The Bertz CT molecular complexity index is 709. The zero-order valence-electron chi connectivity index (χ0n) is 14.8. The molecule has 0 fully saturated rings. The molecule has 5 heteroatoms. The van der Waals surface area contributed by atoms with E-state index in [4.69, 9.17) is 0 Å². The number of aromatic nitrogens is 2. The zero-order chi connectivity index (χ0) is 17.1. The maximum Gasteiger partial charge on any atom is 0.223 e. The lowest BCUT2D eigenvalue weighted by Gasteiger charge is -2.30. The molecule has 1 aliphatic heterocycles. The van der Waals surface area contributed by atoms with E-state index in [-0.39, 0.29) is 11.9 Å². The molecule has 0 unspecified atom stereocenters. The average molecular weight is 326 g/mol. The lowest BCUT2D eigenvalue weighted by molar-refractivity contribution is -0.134. The van der Waals surface area contributed by atoms with E-state index in [1.807, 2.05) is 19.4 Å². The maximum atomic E-state index is 12.9. The molecule has 1 atom stereocenters. The number of fused-ring (bicyclic) bond motifs is 1. The molecule has 0 N–H and O–H groups in total. The fraction of sp³-hybridized carbons (Fsp3) is 0.474. The molecule has 0 bridgehead atoms. The van der Waals surface area contributed by atoms with Crippen LogP contribution < -0.4 is 4.90 Å². The van der Waals surface area contributed by atoms with Crippen molar-refractivity contribution < 1.29 is 4.79 Å². The monoisotopic (exact) mass is 326 g/mol. The molecule has 0 spiro atoms. The summed E-state index contributed by atoms with van der Waals surface area (Å²) in [5, 5.41) is 4.18. The van der Waals surface area contributed by atoms with Gasteiger partial charge < -0.3 is 9.80 Å². The van der Waals surface area contributed by atoms with Gasteiger partial charge in [-0.2, -0.15) is 5.10 Å².